The zero-order valence-corrected chi connectivity index (χ0v) is 33.2. The summed E-state index contributed by atoms with van der Waals surface area (Å²) in [5, 5.41) is 31.6. The lowest BCUT2D eigenvalue weighted by molar-refractivity contribution is 1.10. The monoisotopic (exact) mass is 788 g/mol. The molecule has 0 N–H and O–H groups in total. The summed E-state index contributed by atoms with van der Waals surface area (Å²) >= 11 is 0. The maximum atomic E-state index is 11.7. The molecule has 0 spiro atoms. The average molecular weight is 789 g/mol. The zero-order chi connectivity index (χ0) is 41.1. The molecule has 0 saturated carbocycles. The van der Waals surface area contributed by atoms with Crippen molar-refractivity contribution in [1.29, 1.82) is 10.5 Å². The van der Waals surface area contributed by atoms with Crippen LogP contribution in [0.2, 0.25) is 0 Å². The van der Waals surface area contributed by atoms with Gasteiger partial charge in [0, 0.05) is 54.5 Å². The topological polar surface area (TPSA) is 67.3 Å². The van der Waals surface area contributed by atoms with Crippen molar-refractivity contribution < 1.29 is 0 Å². The third-order valence-corrected chi connectivity index (χ3v) is 12.8. The summed E-state index contributed by atoms with van der Waals surface area (Å²) in [5.41, 5.74) is 12.2. The summed E-state index contributed by atoms with van der Waals surface area (Å²) in [6.45, 7) is 0. The molecule has 0 aliphatic heterocycles. The molecule has 9 aromatic carbocycles. The first-order chi connectivity index (χ1) is 30.7. The van der Waals surface area contributed by atoms with Crippen LogP contribution in [0.15, 0.2) is 194 Å². The Kier molecular flexibility index (Phi) is 7.05. The summed E-state index contributed by atoms with van der Waals surface area (Å²) < 4.78 is 9.14. The summed E-state index contributed by atoms with van der Waals surface area (Å²) in [6.07, 6.45) is 0. The standard InChI is InChI=1S/C56H32N6/c57-33-35-27-32-51(61-49-25-13-9-21-40(49)44-30-28-42-38-19-7-11-23-47(38)59(53(42)55(44)61)36-15-3-1-4-16-36)46(34-58)52(35)62-50-26-14-10-22-41(50)45-31-29-43-39-20-8-12-24-48(39)60(54(43)56(45)62)37-17-5-2-6-18-37/h1-32H. The van der Waals surface area contributed by atoms with Crippen LogP contribution in [0.25, 0.3) is 110 Å². The Morgan fingerprint density at radius 2 is 0.645 bits per heavy atom. The van der Waals surface area contributed by atoms with Gasteiger partial charge in [-0.05, 0) is 60.7 Å². The number of aromatic nitrogens is 4. The number of para-hydroxylation sites is 6. The van der Waals surface area contributed by atoms with Gasteiger partial charge >= 0.3 is 0 Å². The minimum atomic E-state index is 0.410. The summed E-state index contributed by atoms with van der Waals surface area (Å²) in [7, 11) is 0. The van der Waals surface area contributed by atoms with E-state index >= 15 is 0 Å². The van der Waals surface area contributed by atoms with E-state index in [1.54, 1.807) is 0 Å². The molecular formula is C56H32N6. The predicted molar refractivity (Wildman–Crippen MR) is 253 cm³/mol. The van der Waals surface area contributed by atoms with Gasteiger partial charge in [-0.3, -0.25) is 0 Å². The molecular weight excluding hydrogens is 757 g/mol. The van der Waals surface area contributed by atoms with Crippen LogP contribution in [0.5, 0.6) is 0 Å². The highest BCUT2D eigenvalue weighted by molar-refractivity contribution is 6.25. The quantitative estimate of drug-likeness (QED) is 0.178. The third kappa shape index (κ3) is 4.45. The fourth-order valence-electron chi connectivity index (χ4n) is 10.4. The van der Waals surface area contributed by atoms with Gasteiger partial charge in [-0.2, -0.15) is 10.5 Å². The minimum Gasteiger partial charge on any atom is -0.307 e. The molecule has 0 unspecified atom stereocenters. The molecule has 0 radical (unpaired) electrons. The smallest absolute Gasteiger partial charge is 0.104 e. The second-order valence-corrected chi connectivity index (χ2v) is 15.9. The van der Waals surface area contributed by atoms with Gasteiger partial charge in [-0.1, -0.05) is 133 Å². The summed E-state index contributed by atoms with van der Waals surface area (Å²) in [5.74, 6) is 0. The first-order valence-electron chi connectivity index (χ1n) is 20.7. The number of hydrogen-bond acceptors (Lipinski definition) is 2. The largest absolute Gasteiger partial charge is 0.307 e. The van der Waals surface area contributed by atoms with E-state index in [4.69, 9.17) is 0 Å². The first-order valence-corrected chi connectivity index (χ1v) is 20.7. The normalized spacial score (nSPS) is 11.8. The second-order valence-electron chi connectivity index (χ2n) is 15.9. The molecule has 286 valence electrons. The van der Waals surface area contributed by atoms with Crippen LogP contribution in [-0.2, 0) is 0 Å². The molecule has 4 aromatic heterocycles. The van der Waals surface area contributed by atoms with Gasteiger partial charge in [0.2, 0.25) is 0 Å². The fourth-order valence-corrected chi connectivity index (χ4v) is 10.4. The number of benzene rings is 9. The van der Waals surface area contributed by atoms with E-state index in [0.717, 1.165) is 98.6 Å². The lowest BCUT2D eigenvalue weighted by Gasteiger charge is -2.18. The third-order valence-electron chi connectivity index (χ3n) is 12.8. The van der Waals surface area contributed by atoms with E-state index in [-0.39, 0.29) is 0 Å². The van der Waals surface area contributed by atoms with E-state index in [1.165, 1.54) is 0 Å². The van der Waals surface area contributed by atoms with Gasteiger partial charge in [-0.25, -0.2) is 0 Å². The molecule has 4 heterocycles. The molecule has 0 saturated heterocycles. The van der Waals surface area contributed by atoms with Gasteiger partial charge in [0.25, 0.3) is 0 Å². The van der Waals surface area contributed by atoms with Crippen LogP contribution >= 0.6 is 0 Å². The van der Waals surface area contributed by atoms with Crippen molar-refractivity contribution in [2.24, 2.45) is 0 Å². The highest BCUT2D eigenvalue weighted by Gasteiger charge is 2.28. The van der Waals surface area contributed by atoms with Crippen molar-refractivity contribution in [1.82, 2.24) is 18.3 Å². The van der Waals surface area contributed by atoms with Crippen molar-refractivity contribution in [2.45, 2.75) is 0 Å². The van der Waals surface area contributed by atoms with Crippen LogP contribution in [-0.4, -0.2) is 18.3 Å². The molecule has 13 rings (SSSR count). The number of rotatable bonds is 4. The molecule has 0 aliphatic rings. The van der Waals surface area contributed by atoms with E-state index in [1.807, 2.05) is 30.3 Å². The van der Waals surface area contributed by atoms with E-state index in [2.05, 4.69) is 194 Å². The van der Waals surface area contributed by atoms with Gasteiger partial charge in [0.15, 0.2) is 0 Å². The van der Waals surface area contributed by atoms with Gasteiger partial charge in [0.05, 0.1) is 61.1 Å². The van der Waals surface area contributed by atoms with Crippen LogP contribution in [0, 0.1) is 22.7 Å². The molecule has 0 atom stereocenters. The molecule has 62 heavy (non-hydrogen) atoms. The molecule has 13 aromatic rings. The second kappa shape index (κ2) is 12.8. The summed E-state index contributed by atoms with van der Waals surface area (Å²) in [4.78, 5) is 0. The van der Waals surface area contributed by atoms with Crippen LogP contribution in [0.3, 0.4) is 0 Å². The van der Waals surface area contributed by atoms with Gasteiger partial charge in [0.1, 0.15) is 17.7 Å². The highest BCUT2D eigenvalue weighted by atomic mass is 15.1. The average Bonchev–Trinajstić information content (AvgIpc) is 4.06. The highest BCUT2D eigenvalue weighted by Crippen LogP contribution is 2.46. The van der Waals surface area contributed by atoms with E-state index < -0.39 is 0 Å². The maximum Gasteiger partial charge on any atom is 0.104 e. The summed E-state index contributed by atoms with van der Waals surface area (Å²) in [6, 6.07) is 72.8. The maximum absolute atomic E-state index is 11.7. The van der Waals surface area contributed by atoms with Crippen LogP contribution in [0.1, 0.15) is 11.1 Å². The van der Waals surface area contributed by atoms with Crippen molar-refractivity contribution in [3.63, 3.8) is 0 Å². The number of nitriles is 2. The molecule has 0 aliphatic carbocycles. The molecule has 0 fully saturated rings. The Hall–Kier alpha value is -8.84. The van der Waals surface area contributed by atoms with Crippen molar-refractivity contribution in [3.8, 4) is 34.9 Å². The number of hydrogen-bond donors (Lipinski definition) is 0. The molecule has 0 amide bonds. The molecule has 6 nitrogen and oxygen atoms in total. The Labute approximate surface area is 354 Å². The first kappa shape index (κ1) is 34.1. The van der Waals surface area contributed by atoms with Crippen molar-refractivity contribution >= 4 is 87.2 Å². The Morgan fingerprint density at radius 1 is 0.290 bits per heavy atom. The molecule has 6 heteroatoms. The SMILES string of the molecule is N#Cc1ccc(-n2c3ccccc3c3ccc4c5ccccc5n(-c5ccccc5)c4c32)c(C#N)c1-n1c2ccccc2c2ccc3c4ccccc4n(-c4ccccc4)c3c21. The van der Waals surface area contributed by atoms with Gasteiger partial charge < -0.3 is 18.3 Å². The Bertz CT molecular complexity index is 4110. The molecule has 0 bridgehead atoms. The fraction of sp³-hybridized carbons (Fsp3) is 0. The van der Waals surface area contributed by atoms with Crippen LogP contribution < -0.4 is 0 Å². The lowest BCUT2D eigenvalue weighted by Crippen LogP contribution is -2.08. The van der Waals surface area contributed by atoms with E-state index in [0.29, 0.717) is 22.5 Å². The number of fused-ring (bicyclic) bond motifs is 14. The van der Waals surface area contributed by atoms with E-state index in [9.17, 15) is 10.5 Å². The van der Waals surface area contributed by atoms with Crippen molar-refractivity contribution in [2.75, 3.05) is 0 Å². The zero-order valence-electron chi connectivity index (χ0n) is 33.2. The van der Waals surface area contributed by atoms with Crippen LogP contribution in [0.4, 0.5) is 0 Å². The Balaban J connectivity index is 1.24. The van der Waals surface area contributed by atoms with Crippen molar-refractivity contribution in [3.05, 3.63) is 205 Å². The van der Waals surface area contributed by atoms with Gasteiger partial charge in [-0.15, -0.1) is 0 Å². The predicted octanol–water partition coefficient (Wildman–Crippen LogP) is 13.8. The minimum absolute atomic E-state index is 0.410. The number of nitrogens with zero attached hydrogens (tertiary/aromatic N) is 6. The lowest BCUT2D eigenvalue weighted by atomic mass is 10.0. The Morgan fingerprint density at radius 3 is 1.06 bits per heavy atom.